The Hall–Kier alpha value is -9.24. The van der Waals surface area contributed by atoms with Gasteiger partial charge in [-0.15, -0.1) is 0 Å². The van der Waals surface area contributed by atoms with Crippen LogP contribution in [0.1, 0.15) is 22.3 Å². The van der Waals surface area contributed by atoms with Crippen LogP contribution in [-0.2, 0) is 5.41 Å². The van der Waals surface area contributed by atoms with Crippen molar-refractivity contribution in [2.75, 3.05) is 4.90 Å². The van der Waals surface area contributed by atoms with Crippen molar-refractivity contribution in [3.8, 4) is 39.1 Å². The fourth-order valence-corrected chi connectivity index (χ4v) is 12.0. The van der Waals surface area contributed by atoms with Gasteiger partial charge < -0.3 is 9.47 Å². The average Bonchev–Trinajstić information content (AvgIpc) is 3.95. The Balaban J connectivity index is 0.991. The molecule has 12 aromatic carbocycles. The van der Waals surface area contributed by atoms with Crippen molar-refractivity contribution in [2.24, 2.45) is 0 Å². The second-order valence-corrected chi connectivity index (χ2v) is 18.8. The van der Waals surface area contributed by atoms with Gasteiger partial charge in [0.25, 0.3) is 0 Å². The molecule has 0 fully saturated rings. The van der Waals surface area contributed by atoms with Gasteiger partial charge in [0.15, 0.2) is 0 Å². The molecule has 14 rings (SSSR count). The van der Waals surface area contributed by atoms with E-state index in [-0.39, 0.29) is 0 Å². The zero-order chi connectivity index (χ0) is 46.9. The number of hydrogen-bond donors (Lipinski definition) is 0. The SMILES string of the molecule is c1ccc(-c2cccc3cccc(-c4ccc(N(c5ccc(C6(c7ccccc7)c7ccccc7-c7ccccc76)cc5)c5cc(-n6c7ccccc7c7ccccc76)cc6ccccc56)cc4)c23)cc1. The summed E-state index contributed by atoms with van der Waals surface area (Å²) < 4.78 is 2.44. The Kier molecular flexibility index (Phi) is 9.47. The predicted octanol–water partition coefficient (Wildman–Crippen LogP) is 18.3. The lowest BCUT2D eigenvalue weighted by atomic mass is 9.68. The Morgan fingerprint density at radius 1 is 0.310 bits per heavy atom. The van der Waals surface area contributed by atoms with Crippen LogP contribution < -0.4 is 4.90 Å². The van der Waals surface area contributed by atoms with Gasteiger partial charge in [-0.3, -0.25) is 0 Å². The molecule has 2 nitrogen and oxygen atoms in total. The summed E-state index contributed by atoms with van der Waals surface area (Å²) in [6.45, 7) is 0. The number of rotatable bonds is 8. The molecule has 1 aromatic heterocycles. The second-order valence-electron chi connectivity index (χ2n) is 18.8. The third kappa shape index (κ3) is 6.35. The molecule has 0 unspecified atom stereocenters. The lowest BCUT2D eigenvalue weighted by Crippen LogP contribution is -2.28. The van der Waals surface area contributed by atoms with Crippen LogP contribution in [0.15, 0.2) is 279 Å². The van der Waals surface area contributed by atoms with E-state index in [9.17, 15) is 0 Å². The molecule has 0 saturated heterocycles. The van der Waals surface area contributed by atoms with Gasteiger partial charge in [-0.1, -0.05) is 231 Å². The van der Waals surface area contributed by atoms with Gasteiger partial charge in [-0.2, -0.15) is 0 Å². The van der Waals surface area contributed by atoms with Crippen LogP contribution in [0.3, 0.4) is 0 Å². The van der Waals surface area contributed by atoms with E-state index >= 15 is 0 Å². The average molecular weight is 903 g/mol. The molecular weight excluding hydrogens is 857 g/mol. The molecule has 0 N–H and O–H groups in total. The van der Waals surface area contributed by atoms with Crippen molar-refractivity contribution in [3.05, 3.63) is 301 Å². The van der Waals surface area contributed by atoms with Crippen molar-refractivity contribution in [3.63, 3.8) is 0 Å². The van der Waals surface area contributed by atoms with Gasteiger partial charge in [-0.25, -0.2) is 0 Å². The van der Waals surface area contributed by atoms with Gasteiger partial charge in [0.1, 0.15) is 0 Å². The summed E-state index contributed by atoms with van der Waals surface area (Å²) in [5.41, 5.74) is 18.7. The summed E-state index contributed by atoms with van der Waals surface area (Å²) in [5.74, 6) is 0. The first kappa shape index (κ1) is 40.8. The minimum atomic E-state index is -0.500. The summed E-state index contributed by atoms with van der Waals surface area (Å²) in [6.07, 6.45) is 0. The van der Waals surface area contributed by atoms with Crippen molar-refractivity contribution >= 4 is 60.4 Å². The molecule has 1 aliphatic rings. The molecule has 0 saturated carbocycles. The molecule has 0 aliphatic heterocycles. The fraction of sp³-hybridized carbons (Fsp3) is 0.0145. The number of fused-ring (bicyclic) bond motifs is 8. The summed E-state index contributed by atoms with van der Waals surface area (Å²) in [7, 11) is 0. The first-order chi connectivity index (χ1) is 35.2. The molecule has 1 aliphatic carbocycles. The molecule has 0 bridgehead atoms. The summed E-state index contributed by atoms with van der Waals surface area (Å²) in [6, 6.07) is 103. The monoisotopic (exact) mass is 902 g/mol. The quantitative estimate of drug-likeness (QED) is 0.147. The van der Waals surface area contributed by atoms with Crippen molar-refractivity contribution in [1.82, 2.24) is 4.57 Å². The normalized spacial score (nSPS) is 12.6. The molecule has 2 heteroatoms. The number of aromatic nitrogens is 1. The molecule has 71 heavy (non-hydrogen) atoms. The highest BCUT2D eigenvalue weighted by Gasteiger charge is 2.45. The summed E-state index contributed by atoms with van der Waals surface area (Å²) in [5, 5.41) is 7.31. The Morgan fingerprint density at radius 3 is 1.38 bits per heavy atom. The van der Waals surface area contributed by atoms with Crippen molar-refractivity contribution in [2.45, 2.75) is 5.41 Å². The molecule has 332 valence electrons. The molecule has 0 spiro atoms. The van der Waals surface area contributed by atoms with E-state index < -0.39 is 5.41 Å². The number of anilines is 3. The van der Waals surface area contributed by atoms with Gasteiger partial charge in [0.2, 0.25) is 0 Å². The van der Waals surface area contributed by atoms with Crippen molar-refractivity contribution in [1.29, 1.82) is 0 Å². The Morgan fingerprint density at radius 2 is 0.761 bits per heavy atom. The van der Waals surface area contributed by atoms with Gasteiger partial charge in [-0.05, 0) is 120 Å². The van der Waals surface area contributed by atoms with Crippen LogP contribution >= 0.6 is 0 Å². The lowest BCUT2D eigenvalue weighted by molar-refractivity contribution is 0.768. The lowest BCUT2D eigenvalue weighted by Gasteiger charge is -2.34. The maximum atomic E-state index is 2.47. The van der Waals surface area contributed by atoms with Crippen LogP contribution in [0.4, 0.5) is 17.1 Å². The van der Waals surface area contributed by atoms with E-state index in [2.05, 4.69) is 289 Å². The van der Waals surface area contributed by atoms with E-state index in [1.807, 2.05) is 0 Å². The fourth-order valence-electron chi connectivity index (χ4n) is 12.0. The smallest absolute Gasteiger partial charge is 0.0713 e. The van der Waals surface area contributed by atoms with Gasteiger partial charge in [0.05, 0.1) is 22.1 Å². The van der Waals surface area contributed by atoms with Crippen LogP contribution in [0.2, 0.25) is 0 Å². The van der Waals surface area contributed by atoms with Crippen molar-refractivity contribution < 1.29 is 0 Å². The maximum absolute atomic E-state index is 2.47. The summed E-state index contributed by atoms with van der Waals surface area (Å²) in [4.78, 5) is 2.47. The summed E-state index contributed by atoms with van der Waals surface area (Å²) >= 11 is 0. The zero-order valence-corrected chi connectivity index (χ0v) is 39.0. The number of hydrogen-bond acceptors (Lipinski definition) is 1. The van der Waals surface area contributed by atoms with Gasteiger partial charge >= 0.3 is 0 Å². The van der Waals surface area contributed by atoms with Crippen LogP contribution in [0, 0.1) is 0 Å². The highest BCUT2D eigenvalue weighted by molar-refractivity contribution is 6.11. The largest absolute Gasteiger partial charge is 0.310 e. The predicted molar refractivity (Wildman–Crippen MR) is 299 cm³/mol. The van der Waals surface area contributed by atoms with E-state index in [0.29, 0.717) is 0 Å². The standard InChI is InChI=1S/C69H46N2/c1-3-19-47(20-4-1)57-31-17-22-49-23-18-32-58(68(49)57)48-37-41-53(42-38-48)70(67-46-55(45-50-21-7-8-26-56(50)67)71-65-35-15-11-29-61(65)62-30-12-16-36-66(62)71)54-43-39-52(40-44-54)69(51-24-5-2-6-25-51)63-33-13-9-27-59(63)60-28-10-14-34-64(60)69/h1-46H. The van der Waals surface area contributed by atoms with Crippen LogP contribution in [0.25, 0.3) is 82.4 Å². The zero-order valence-electron chi connectivity index (χ0n) is 39.0. The number of para-hydroxylation sites is 2. The molecule has 13 aromatic rings. The molecule has 0 atom stereocenters. The second kappa shape index (κ2) is 16.5. The Bertz CT molecular complexity index is 4040. The number of nitrogens with zero attached hydrogens (tertiary/aromatic N) is 2. The first-order valence-corrected chi connectivity index (χ1v) is 24.6. The molecule has 1 heterocycles. The first-order valence-electron chi connectivity index (χ1n) is 24.6. The third-order valence-electron chi connectivity index (χ3n) is 15.0. The van der Waals surface area contributed by atoms with Crippen LogP contribution in [-0.4, -0.2) is 4.57 Å². The van der Waals surface area contributed by atoms with Crippen LogP contribution in [0.5, 0.6) is 0 Å². The third-order valence-corrected chi connectivity index (χ3v) is 15.0. The molecular formula is C69H46N2. The van der Waals surface area contributed by atoms with E-state index in [1.165, 1.54) is 99.0 Å². The minimum Gasteiger partial charge on any atom is -0.310 e. The molecule has 0 radical (unpaired) electrons. The highest BCUT2D eigenvalue weighted by atomic mass is 15.1. The van der Waals surface area contributed by atoms with E-state index in [4.69, 9.17) is 0 Å². The topological polar surface area (TPSA) is 8.17 Å². The maximum Gasteiger partial charge on any atom is 0.0713 e. The Labute approximate surface area is 413 Å². The van der Waals surface area contributed by atoms with E-state index in [0.717, 1.165) is 22.7 Å². The molecule has 0 amide bonds. The minimum absolute atomic E-state index is 0.500. The van der Waals surface area contributed by atoms with E-state index in [1.54, 1.807) is 0 Å². The van der Waals surface area contributed by atoms with Gasteiger partial charge in [0, 0.05) is 33.2 Å². The number of benzene rings is 12. The highest BCUT2D eigenvalue weighted by Crippen LogP contribution is 2.56.